The molecule has 0 unspecified atom stereocenters. The number of benzene rings is 1. The predicted octanol–water partition coefficient (Wildman–Crippen LogP) is 4.63. The third-order valence-corrected chi connectivity index (χ3v) is 7.29. The highest BCUT2D eigenvalue weighted by atomic mass is 16.6. The second-order valence-corrected chi connectivity index (χ2v) is 10.7. The number of ether oxygens (including phenoxy) is 4. The molecular formula is C33H44N4O9. The van der Waals surface area contributed by atoms with E-state index in [4.69, 9.17) is 29.5 Å². The van der Waals surface area contributed by atoms with Crippen LogP contribution in [0.4, 0.5) is 9.59 Å². The van der Waals surface area contributed by atoms with E-state index in [2.05, 4.69) is 10.5 Å². The van der Waals surface area contributed by atoms with Crippen LogP contribution < -0.4 is 11.1 Å². The summed E-state index contributed by atoms with van der Waals surface area (Å²) in [6.45, 7) is 4.40. The SMILES string of the molecule is CCOC(=O)/C=C(\CCCC(=O)OCC)O/N=C(\N)C1(NC(=O)OCC2=CCCC=C2)CCN(C(=O)OCc2ccccc2)CC1. The molecule has 1 heterocycles. The molecule has 250 valence electrons. The predicted molar refractivity (Wildman–Crippen MR) is 169 cm³/mol. The lowest BCUT2D eigenvalue weighted by molar-refractivity contribution is -0.143. The van der Waals surface area contributed by atoms with Gasteiger partial charge in [-0.2, -0.15) is 0 Å². The number of rotatable bonds is 15. The summed E-state index contributed by atoms with van der Waals surface area (Å²) in [7, 11) is 0. The van der Waals surface area contributed by atoms with Crippen LogP contribution in [0.25, 0.3) is 0 Å². The number of esters is 2. The van der Waals surface area contributed by atoms with Crippen LogP contribution >= 0.6 is 0 Å². The van der Waals surface area contributed by atoms with E-state index < -0.39 is 23.7 Å². The zero-order chi connectivity index (χ0) is 33.2. The molecule has 1 fully saturated rings. The van der Waals surface area contributed by atoms with Gasteiger partial charge in [-0.1, -0.05) is 53.7 Å². The third-order valence-electron chi connectivity index (χ3n) is 7.29. The number of hydrogen-bond acceptors (Lipinski definition) is 10. The molecule has 0 aromatic heterocycles. The van der Waals surface area contributed by atoms with Gasteiger partial charge in [0.2, 0.25) is 0 Å². The third kappa shape index (κ3) is 11.9. The summed E-state index contributed by atoms with van der Waals surface area (Å²) in [6.07, 6.45) is 8.63. The highest BCUT2D eigenvalue weighted by Crippen LogP contribution is 2.25. The summed E-state index contributed by atoms with van der Waals surface area (Å²) >= 11 is 0. The van der Waals surface area contributed by atoms with Crippen LogP contribution in [0, 0.1) is 0 Å². The van der Waals surface area contributed by atoms with Gasteiger partial charge in [0.15, 0.2) is 5.84 Å². The minimum absolute atomic E-state index is 0.0801. The number of carbonyl (C=O) groups is 4. The van der Waals surface area contributed by atoms with E-state index in [1.807, 2.05) is 48.6 Å². The molecule has 1 aliphatic heterocycles. The molecule has 3 rings (SSSR count). The number of likely N-dealkylation sites (tertiary alicyclic amines) is 1. The van der Waals surface area contributed by atoms with Gasteiger partial charge in [0.1, 0.15) is 24.5 Å². The van der Waals surface area contributed by atoms with Crippen molar-refractivity contribution in [2.45, 2.75) is 70.9 Å². The average molecular weight is 641 g/mol. The van der Waals surface area contributed by atoms with Gasteiger partial charge in [-0.25, -0.2) is 14.4 Å². The van der Waals surface area contributed by atoms with Gasteiger partial charge in [0, 0.05) is 25.9 Å². The number of oxime groups is 1. The minimum Gasteiger partial charge on any atom is -0.466 e. The molecule has 2 amide bonds. The van der Waals surface area contributed by atoms with E-state index >= 15 is 0 Å². The van der Waals surface area contributed by atoms with Crippen molar-refractivity contribution in [2.75, 3.05) is 32.9 Å². The molecule has 3 N–H and O–H groups in total. The Balaban J connectivity index is 1.72. The quantitative estimate of drug-likeness (QED) is 0.0525. The van der Waals surface area contributed by atoms with E-state index in [9.17, 15) is 19.2 Å². The lowest BCUT2D eigenvalue weighted by Gasteiger charge is -2.40. The Morgan fingerprint density at radius 3 is 2.37 bits per heavy atom. The Bertz CT molecular complexity index is 1300. The Hall–Kier alpha value is -4.81. The van der Waals surface area contributed by atoms with Crippen molar-refractivity contribution in [3.63, 3.8) is 0 Å². The smallest absolute Gasteiger partial charge is 0.410 e. The molecule has 1 aromatic carbocycles. The van der Waals surface area contributed by atoms with Crippen LogP contribution in [0.15, 0.2) is 71.1 Å². The monoisotopic (exact) mass is 640 g/mol. The first kappa shape index (κ1) is 35.7. The number of amides is 2. The highest BCUT2D eigenvalue weighted by molar-refractivity contribution is 5.93. The molecule has 1 saturated heterocycles. The van der Waals surface area contributed by atoms with Crippen molar-refractivity contribution in [1.82, 2.24) is 10.2 Å². The van der Waals surface area contributed by atoms with Gasteiger partial charge in [-0.15, -0.1) is 0 Å². The number of amidine groups is 1. The molecule has 0 atom stereocenters. The lowest BCUT2D eigenvalue weighted by Crippen LogP contribution is -2.63. The normalized spacial score (nSPS) is 16.1. The van der Waals surface area contributed by atoms with Crippen molar-refractivity contribution < 1.29 is 43.0 Å². The van der Waals surface area contributed by atoms with Gasteiger partial charge >= 0.3 is 24.1 Å². The van der Waals surface area contributed by atoms with Crippen molar-refractivity contribution in [3.8, 4) is 0 Å². The number of piperidine rings is 1. The zero-order valence-electron chi connectivity index (χ0n) is 26.5. The van der Waals surface area contributed by atoms with E-state index in [0.717, 1.165) is 30.1 Å². The summed E-state index contributed by atoms with van der Waals surface area (Å²) < 4.78 is 20.9. The molecule has 13 nitrogen and oxygen atoms in total. The van der Waals surface area contributed by atoms with E-state index in [0.29, 0.717) is 6.42 Å². The average Bonchev–Trinajstić information content (AvgIpc) is 3.06. The number of nitrogens with two attached hydrogens (primary N) is 1. The number of nitrogens with zero attached hydrogens (tertiary/aromatic N) is 2. The molecule has 1 aliphatic carbocycles. The summed E-state index contributed by atoms with van der Waals surface area (Å²) in [5.74, 6) is -0.997. The van der Waals surface area contributed by atoms with E-state index in [1.165, 1.54) is 4.90 Å². The van der Waals surface area contributed by atoms with Gasteiger partial charge < -0.3 is 39.7 Å². The van der Waals surface area contributed by atoms with E-state index in [-0.39, 0.29) is 82.8 Å². The van der Waals surface area contributed by atoms with Crippen molar-refractivity contribution in [2.24, 2.45) is 10.9 Å². The number of alkyl carbamates (subject to hydrolysis) is 1. The first-order valence-electron chi connectivity index (χ1n) is 15.5. The molecule has 46 heavy (non-hydrogen) atoms. The molecule has 0 radical (unpaired) electrons. The summed E-state index contributed by atoms with van der Waals surface area (Å²) in [5, 5.41) is 6.94. The Morgan fingerprint density at radius 2 is 1.70 bits per heavy atom. The second-order valence-electron chi connectivity index (χ2n) is 10.7. The summed E-state index contributed by atoms with van der Waals surface area (Å²) in [6, 6.07) is 9.33. The van der Waals surface area contributed by atoms with Crippen LogP contribution in [-0.2, 0) is 40.0 Å². The fourth-order valence-electron chi connectivity index (χ4n) is 4.78. The number of nitrogens with one attached hydrogen (secondary N) is 1. The zero-order valence-corrected chi connectivity index (χ0v) is 26.5. The lowest BCUT2D eigenvalue weighted by atomic mass is 9.86. The maximum absolute atomic E-state index is 13.0. The molecule has 0 spiro atoms. The molecule has 1 aromatic rings. The Labute approximate surface area is 269 Å². The van der Waals surface area contributed by atoms with Crippen LogP contribution in [0.3, 0.4) is 0 Å². The molecular weight excluding hydrogens is 596 g/mol. The van der Waals surface area contributed by atoms with Crippen LogP contribution in [0.1, 0.15) is 64.4 Å². The van der Waals surface area contributed by atoms with Crippen molar-refractivity contribution >= 4 is 30.0 Å². The largest absolute Gasteiger partial charge is 0.466 e. The minimum atomic E-state index is -1.23. The van der Waals surface area contributed by atoms with Crippen LogP contribution in [0.2, 0.25) is 0 Å². The molecule has 0 bridgehead atoms. The van der Waals surface area contributed by atoms with Gasteiger partial charge in [-0.05, 0) is 57.1 Å². The maximum atomic E-state index is 13.0. The highest BCUT2D eigenvalue weighted by Gasteiger charge is 2.42. The molecule has 2 aliphatic rings. The first-order valence-corrected chi connectivity index (χ1v) is 15.5. The van der Waals surface area contributed by atoms with Gasteiger partial charge in [0.05, 0.1) is 19.3 Å². The molecule has 0 saturated carbocycles. The van der Waals surface area contributed by atoms with Gasteiger partial charge in [-0.3, -0.25) is 4.79 Å². The second kappa shape index (κ2) is 18.9. The number of allylic oxidation sites excluding steroid dienone is 3. The standard InChI is InChI=1S/C33H44N4O9/c1-3-42-28(38)17-11-16-27(22-29(39)43-4-2)46-36-30(34)33(35-31(40)44-23-25-12-7-5-8-13-25)18-20-37(21-19-33)32(41)45-24-26-14-9-6-10-15-26/h6-7,9-10,12-15,22H,3-5,8,11,16-21,23-24H2,1-2H3,(H2,34,36)(H,35,40)/b27-22+. The van der Waals surface area contributed by atoms with E-state index in [1.54, 1.807) is 13.8 Å². The summed E-state index contributed by atoms with van der Waals surface area (Å²) in [4.78, 5) is 56.9. The number of carbonyl (C=O) groups excluding carboxylic acids is 4. The fourth-order valence-corrected chi connectivity index (χ4v) is 4.78. The van der Waals surface area contributed by atoms with Gasteiger partial charge in [0.25, 0.3) is 0 Å². The number of hydrogen-bond donors (Lipinski definition) is 2. The van der Waals surface area contributed by atoms with Crippen molar-refractivity contribution in [3.05, 3.63) is 71.5 Å². The van der Waals surface area contributed by atoms with Crippen LogP contribution in [-0.4, -0.2) is 73.3 Å². The first-order chi connectivity index (χ1) is 22.2. The topological polar surface area (TPSA) is 168 Å². The summed E-state index contributed by atoms with van der Waals surface area (Å²) in [5.41, 5.74) is 6.97. The molecule has 13 heteroatoms. The Kier molecular flexibility index (Phi) is 14.6. The Morgan fingerprint density at radius 1 is 0.957 bits per heavy atom. The fraction of sp³-hybridized carbons (Fsp3) is 0.485. The van der Waals surface area contributed by atoms with Crippen LogP contribution in [0.5, 0.6) is 0 Å². The van der Waals surface area contributed by atoms with Crippen molar-refractivity contribution in [1.29, 1.82) is 0 Å². The maximum Gasteiger partial charge on any atom is 0.410 e.